The highest BCUT2D eigenvalue weighted by Gasteiger charge is 2.18. The first-order chi connectivity index (χ1) is 9.24. The fourth-order valence-electron chi connectivity index (χ4n) is 2.42. The number of H-pyrrole nitrogens is 1. The van der Waals surface area contributed by atoms with Crippen molar-refractivity contribution in [3.63, 3.8) is 0 Å². The zero-order chi connectivity index (χ0) is 13.2. The Kier molecular flexibility index (Phi) is 3.16. The van der Waals surface area contributed by atoms with Gasteiger partial charge < -0.3 is 14.8 Å². The Balaban J connectivity index is 1.88. The van der Waals surface area contributed by atoms with Gasteiger partial charge in [-0.05, 0) is 25.3 Å². The first kappa shape index (κ1) is 12.1. The topological polar surface area (TPSA) is 88.1 Å². The minimum atomic E-state index is -0.975. The van der Waals surface area contributed by atoms with E-state index in [0.29, 0.717) is 17.6 Å². The third-order valence-electron chi connectivity index (χ3n) is 3.37. The van der Waals surface area contributed by atoms with Gasteiger partial charge in [-0.1, -0.05) is 0 Å². The largest absolute Gasteiger partial charge is 0.478 e. The Morgan fingerprint density at radius 2 is 2.42 bits per heavy atom. The van der Waals surface area contributed by atoms with Crippen LogP contribution in [0.1, 0.15) is 35.4 Å². The molecule has 3 heterocycles. The Morgan fingerprint density at radius 3 is 3.16 bits per heavy atom. The number of aromatic amines is 1. The maximum Gasteiger partial charge on any atom is 0.338 e. The van der Waals surface area contributed by atoms with Gasteiger partial charge in [0.2, 0.25) is 0 Å². The zero-order valence-electron chi connectivity index (χ0n) is 10.4. The van der Waals surface area contributed by atoms with Gasteiger partial charge in [-0.2, -0.15) is 0 Å². The number of aromatic nitrogens is 3. The number of rotatable bonds is 3. The highest BCUT2D eigenvalue weighted by molar-refractivity contribution is 5.99. The summed E-state index contributed by atoms with van der Waals surface area (Å²) in [5, 5.41) is 9.11. The third-order valence-corrected chi connectivity index (χ3v) is 3.37. The molecule has 0 bridgehead atoms. The molecule has 3 rings (SSSR count). The van der Waals surface area contributed by atoms with Crippen molar-refractivity contribution in [2.24, 2.45) is 0 Å². The van der Waals surface area contributed by atoms with Gasteiger partial charge >= 0.3 is 5.97 Å². The summed E-state index contributed by atoms with van der Waals surface area (Å²) in [6.07, 6.45) is 5.62. The molecule has 6 nitrogen and oxygen atoms in total. The van der Waals surface area contributed by atoms with E-state index in [2.05, 4.69) is 15.0 Å². The molecule has 0 saturated carbocycles. The SMILES string of the molecule is O=C(O)c1ccnc2nc(CC3CCCCO3)[nH]c12. The van der Waals surface area contributed by atoms with Crippen LogP contribution in [0, 0.1) is 0 Å². The summed E-state index contributed by atoms with van der Waals surface area (Å²) in [5.74, 6) is -0.236. The molecule has 2 aromatic heterocycles. The number of fused-ring (bicyclic) bond motifs is 1. The molecule has 0 spiro atoms. The Hall–Kier alpha value is -1.95. The molecule has 1 atom stereocenters. The van der Waals surface area contributed by atoms with Crippen LogP contribution < -0.4 is 0 Å². The lowest BCUT2D eigenvalue weighted by Crippen LogP contribution is -2.21. The number of carboxylic acids is 1. The Labute approximate surface area is 109 Å². The maximum absolute atomic E-state index is 11.1. The summed E-state index contributed by atoms with van der Waals surface area (Å²) in [7, 11) is 0. The van der Waals surface area contributed by atoms with E-state index < -0.39 is 5.97 Å². The second-order valence-electron chi connectivity index (χ2n) is 4.74. The summed E-state index contributed by atoms with van der Waals surface area (Å²) >= 11 is 0. The van der Waals surface area contributed by atoms with Gasteiger partial charge in [0.05, 0.1) is 17.2 Å². The molecule has 0 aromatic carbocycles. The Morgan fingerprint density at radius 1 is 1.53 bits per heavy atom. The van der Waals surface area contributed by atoms with E-state index in [1.165, 1.54) is 18.7 Å². The van der Waals surface area contributed by atoms with Crippen molar-refractivity contribution < 1.29 is 14.6 Å². The molecule has 2 aromatic rings. The average molecular weight is 261 g/mol. The van der Waals surface area contributed by atoms with Crippen LogP contribution in [-0.4, -0.2) is 38.7 Å². The van der Waals surface area contributed by atoms with Crippen molar-refractivity contribution in [1.82, 2.24) is 15.0 Å². The number of aromatic carboxylic acids is 1. The summed E-state index contributed by atoms with van der Waals surface area (Å²) < 4.78 is 5.66. The smallest absolute Gasteiger partial charge is 0.338 e. The fraction of sp³-hybridized carbons (Fsp3) is 0.462. The lowest BCUT2D eigenvalue weighted by atomic mass is 10.1. The number of nitrogens with zero attached hydrogens (tertiary/aromatic N) is 2. The maximum atomic E-state index is 11.1. The molecule has 1 unspecified atom stereocenters. The molecular weight excluding hydrogens is 246 g/mol. The lowest BCUT2D eigenvalue weighted by Gasteiger charge is -2.21. The summed E-state index contributed by atoms with van der Waals surface area (Å²) in [6.45, 7) is 0.795. The van der Waals surface area contributed by atoms with E-state index in [1.54, 1.807) is 0 Å². The number of hydrogen-bond donors (Lipinski definition) is 2. The van der Waals surface area contributed by atoms with Gasteiger partial charge in [0, 0.05) is 19.2 Å². The average Bonchev–Trinajstić information content (AvgIpc) is 2.81. The van der Waals surface area contributed by atoms with Gasteiger partial charge in [-0.15, -0.1) is 0 Å². The second kappa shape index (κ2) is 4.97. The van der Waals surface area contributed by atoms with Gasteiger partial charge in [0.1, 0.15) is 5.82 Å². The van der Waals surface area contributed by atoms with Crippen LogP contribution in [0.3, 0.4) is 0 Å². The second-order valence-corrected chi connectivity index (χ2v) is 4.74. The van der Waals surface area contributed by atoms with Gasteiger partial charge in [0.25, 0.3) is 0 Å². The normalized spacial score (nSPS) is 19.7. The van der Waals surface area contributed by atoms with E-state index in [9.17, 15) is 4.79 Å². The number of pyridine rings is 1. The van der Waals surface area contributed by atoms with Crippen molar-refractivity contribution in [2.75, 3.05) is 6.61 Å². The zero-order valence-corrected chi connectivity index (χ0v) is 10.4. The van der Waals surface area contributed by atoms with Crippen LogP contribution in [0.15, 0.2) is 12.3 Å². The number of ether oxygens (including phenoxy) is 1. The molecule has 1 aliphatic heterocycles. The quantitative estimate of drug-likeness (QED) is 0.879. The van der Waals surface area contributed by atoms with E-state index >= 15 is 0 Å². The number of carboxylic acid groups (broad SMARTS) is 1. The highest BCUT2D eigenvalue weighted by atomic mass is 16.5. The summed E-state index contributed by atoms with van der Waals surface area (Å²) in [6, 6.07) is 1.48. The van der Waals surface area contributed by atoms with Crippen LogP contribution >= 0.6 is 0 Å². The molecule has 0 radical (unpaired) electrons. The van der Waals surface area contributed by atoms with Crippen LogP contribution in [-0.2, 0) is 11.2 Å². The highest BCUT2D eigenvalue weighted by Crippen LogP contribution is 2.19. The number of hydrogen-bond acceptors (Lipinski definition) is 4. The van der Waals surface area contributed by atoms with E-state index in [-0.39, 0.29) is 11.7 Å². The van der Waals surface area contributed by atoms with E-state index in [4.69, 9.17) is 9.84 Å². The van der Waals surface area contributed by atoms with Gasteiger partial charge in [-0.3, -0.25) is 0 Å². The fourth-order valence-corrected chi connectivity index (χ4v) is 2.42. The summed E-state index contributed by atoms with van der Waals surface area (Å²) in [5.41, 5.74) is 1.14. The number of imidazole rings is 1. The molecular formula is C13H15N3O3. The van der Waals surface area contributed by atoms with Crippen molar-refractivity contribution >= 4 is 17.1 Å². The predicted molar refractivity (Wildman–Crippen MR) is 68.1 cm³/mol. The summed E-state index contributed by atoms with van der Waals surface area (Å²) in [4.78, 5) is 22.6. The molecule has 1 fully saturated rings. The minimum absolute atomic E-state index is 0.169. The molecule has 19 heavy (non-hydrogen) atoms. The van der Waals surface area contributed by atoms with Crippen molar-refractivity contribution in [2.45, 2.75) is 31.8 Å². The molecule has 0 aliphatic carbocycles. The first-order valence-electron chi connectivity index (χ1n) is 6.42. The van der Waals surface area contributed by atoms with Gasteiger partial charge in [0.15, 0.2) is 5.65 Å². The van der Waals surface area contributed by atoms with E-state index in [1.807, 2.05) is 0 Å². The Bertz CT molecular complexity index is 602. The molecule has 100 valence electrons. The van der Waals surface area contributed by atoms with Crippen LogP contribution in [0.2, 0.25) is 0 Å². The predicted octanol–water partition coefficient (Wildman–Crippen LogP) is 1.77. The van der Waals surface area contributed by atoms with Crippen LogP contribution in [0.25, 0.3) is 11.2 Å². The monoisotopic (exact) mass is 261 g/mol. The van der Waals surface area contributed by atoms with Crippen molar-refractivity contribution in [3.05, 3.63) is 23.7 Å². The number of nitrogens with one attached hydrogen (secondary N) is 1. The van der Waals surface area contributed by atoms with E-state index in [0.717, 1.165) is 25.3 Å². The number of carbonyl (C=O) groups is 1. The molecule has 2 N–H and O–H groups in total. The molecule has 1 saturated heterocycles. The molecule has 0 amide bonds. The van der Waals surface area contributed by atoms with Crippen molar-refractivity contribution in [3.8, 4) is 0 Å². The minimum Gasteiger partial charge on any atom is -0.478 e. The van der Waals surface area contributed by atoms with Crippen molar-refractivity contribution in [1.29, 1.82) is 0 Å². The molecule has 1 aliphatic rings. The third kappa shape index (κ3) is 2.44. The van der Waals surface area contributed by atoms with Crippen LogP contribution in [0.5, 0.6) is 0 Å². The molecule has 6 heteroatoms. The van der Waals surface area contributed by atoms with Crippen LogP contribution in [0.4, 0.5) is 0 Å². The lowest BCUT2D eigenvalue weighted by molar-refractivity contribution is 0.0158. The first-order valence-corrected chi connectivity index (χ1v) is 6.42. The van der Waals surface area contributed by atoms with Gasteiger partial charge in [-0.25, -0.2) is 14.8 Å². The standard InChI is InChI=1S/C13H15N3O3/c17-13(18)9-4-5-14-12-11(9)15-10(16-12)7-8-3-1-2-6-19-8/h4-5,8H,1-3,6-7H2,(H,17,18)(H,14,15,16).